The maximum absolute atomic E-state index is 12.2. The summed E-state index contributed by atoms with van der Waals surface area (Å²) in [6.45, 7) is 4.71. The molecular formula is C16H26Cl3N3O3S. The lowest BCUT2D eigenvalue weighted by Gasteiger charge is -2.14. The predicted molar refractivity (Wildman–Crippen MR) is 109 cm³/mol. The molecule has 0 saturated carbocycles. The van der Waals surface area contributed by atoms with E-state index in [2.05, 4.69) is 10.0 Å². The molecule has 0 aromatic heterocycles. The number of nitrogens with two attached hydrogens (primary N) is 1. The minimum absolute atomic E-state index is 0. The van der Waals surface area contributed by atoms with Crippen LogP contribution in [0.3, 0.4) is 0 Å². The molecule has 1 aromatic carbocycles. The van der Waals surface area contributed by atoms with Crippen molar-refractivity contribution < 1.29 is 13.2 Å². The van der Waals surface area contributed by atoms with Crippen molar-refractivity contribution in [3.63, 3.8) is 0 Å². The van der Waals surface area contributed by atoms with Gasteiger partial charge in [0.2, 0.25) is 15.9 Å². The topological polar surface area (TPSA) is 101 Å². The van der Waals surface area contributed by atoms with E-state index < -0.39 is 16.1 Å². The standard InChI is InChI=1S/C16H25Cl2N3O3S.ClH/c1-11(2)9-14(19)16(22)20-7-3-4-8-21-25(23,24)15-6-5-12(17)10-13(15)18;/h5-6,10-11,14,21H,3-4,7-9,19H2,1-2H3,(H,20,22);1H/t14-;/m0./s1. The number of amides is 1. The summed E-state index contributed by atoms with van der Waals surface area (Å²) in [6, 6.07) is 3.71. The summed E-state index contributed by atoms with van der Waals surface area (Å²) in [7, 11) is -3.69. The van der Waals surface area contributed by atoms with Crippen LogP contribution in [0.1, 0.15) is 33.1 Å². The fourth-order valence-corrected chi connectivity index (χ4v) is 4.03. The van der Waals surface area contributed by atoms with Gasteiger partial charge < -0.3 is 11.1 Å². The molecule has 10 heteroatoms. The molecular weight excluding hydrogens is 421 g/mol. The van der Waals surface area contributed by atoms with Crippen LogP contribution in [0.4, 0.5) is 0 Å². The van der Waals surface area contributed by atoms with Crippen molar-refractivity contribution in [3.05, 3.63) is 28.2 Å². The largest absolute Gasteiger partial charge is 0.355 e. The second-order valence-electron chi connectivity index (χ2n) is 6.21. The van der Waals surface area contributed by atoms with Crippen molar-refractivity contribution in [2.45, 2.75) is 44.0 Å². The summed E-state index contributed by atoms with van der Waals surface area (Å²) in [5, 5.41) is 3.20. The number of hydrogen-bond donors (Lipinski definition) is 3. The molecule has 0 aliphatic carbocycles. The molecule has 0 heterocycles. The van der Waals surface area contributed by atoms with Crippen LogP contribution in [0.15, 0.2) is 23.1 Å². The van der Waals surface area contributed by atoms with Crippen LogP contribution >= 0.6 is 35.6 Å². The molecule has 150 valence electrons. The number of benzene rings is 1. The molecule has 0 unspecified atom stereocenters. The van der Waals surface area contributed by atoms with Crippen molar-refractivity contribution in [2.24, 2.45) is 11.7 Å². The van der Waals surface area contributed by atoms with Gasteiger partial charge in [0, 0.05) is 18.1 Å². The average Bonchev–Trinajstić information content (AvgIpc) is 2.49. The van der Waals surface area contributed by atoms with Crippen molar-refractivity contribution in [2.75, 3.05) is 13.1 Å². The molecule has 0 radical (unpaired) electrons. The highest BCUT2D eigenvalue weighted by Crippen LogP contribution is 2.24. The Kier molecular flexibility index (Phi) is 11.7. The van der Waals surface area contributed by atoms with Gasteiger partial charge in [0.05, 0.1) is 11.1 Å². The number of unbranched alkanes of at least 4 members (excludes halogenated alkanes) is 1. The molecule has 26 heavy (non-hydrogen) atoms. The van der Waals surface area contributed by atoms with Crippen molar-refractivity contribution >= 4 is 51.5 Å². The Morgan fingerprint density at radius 2 is 1.81 bits per heavy atom. The van der Waals surface area contributed by atoms with Gasteiger partial charge in [-0.3, -0.25) is 4.79 Å². The molecule has 0 bridgehead atoms. The lowest BCUT2D eigenvalue weighted by Crippen LogP contribution is -2.41. The number of carbonyl (C=O) groups excluding carboxylic acids is 1. The fraction of sp³-hybridized carbons (Fsp3) is 0.562. The summed E-state index contributed by atoms with van der Waals surface area (Å²) in [5.41, 5.74) is 5.78. The van der Waals surface area contributed by atoms with Crippen LogP contribution in [-0.4, -0.2) is 33.5 Å². The third kappa shape index (κ3) is 8.88. The highest BCUT2D eigenvalue weighted by Gasteiger charge is 2.17. The maximum Gasteiger partial charge on any atom is 0.242 e. The SMILES string of the molecule is CC(C)C[C@H](N)C(=O)NCCCCNS(=O)(=O)c1ccc(Cl)cc1Cl.Cl. The normalized spacial score (nSPS) is 12.5. The van der Waals surface area contributed by atoms with Crippen LogP contribution in [0.25, 0.3) is 0 Å². The monoisotopic (exact) mass is 445 g/mol. The van der Waals surface area contributed by atoms with Crippen molar-refractivity contribution in [3.8, 4) is 0 Å². The zero-order chi connectivity index (χ0) is 19.0. The Labute approximate surface area is 171 Å². The summed E-state index contributed by atoms with van der Waals surface area (Å²) in [4.78, 5) is 11.7. The Balaban J connectivity index is 0.00000625. The third-order valence-corrected chi connectivity index (χ3v) is 5.62. The van der Waals surface area contributed by atoms with Crippen molar-refractivity contribution in [1.82, 2.24) is 10.0 Å². The van der Waals surface area contributed by atoms with Gasteiger partial charge in [0.15, 0.2) is 0 Å². The Hall–Kier alpha value is -0.570. The van der Waals surface area contributed by atoms with Crippen LogP contribution in [0, 0.1) is 5.92 Å². The summed E-state index contributed by atoms with van der Waals surface area (Å²) < 4.78 is 26.8. The van der Waals surface area contributed by atoms with Crippen LogP contribution in [0.5, 0.6) is 0 Å². The van der Waals surface area contributed by atoms with E-state index in [0.29, 0.717) is 36.7 Å². The average molecular weight is 447 g/mol. The molecule has 0 aliphatic heterocycles. The van der Waals surface area contributed by atoms with Gasteiger partial charge in [-0.25, -0.2) is 13.1 Å². The number of halogens is 3. The smallest absolute Gasteiger partial charge is 0.242 e. The summed E-state index contributed by atoms with van der Waals surface area (Å²) in [6.07, 6.45) is 1.84. The van der Waals surface area contributed by atoms with Gasteiger partial charge in [0.25, 0.3) is 0 Å². The van der Waals surface area contributed by atoms with Gasteiger partial charge in [-0.1, -0.05) is 37.0 Å². The number of rotatable bonds is 10. The third-order valence-electron chi connectivity index (χ3n) is 3.44. The van der Waals surface area contributed by atoms with Gasteiger partial charge >= 0.3 is 0 Å². The number of nitrogens with one attached hydrogen (secondary N) is 2. The Morgan fingerprint density at radius 3 is 2.38 bits per heavy atom. The first-order chi connectivity index (χ1) is 11.6. The number of carbonyl (C=O) groups is 1. The maximum atomic E-state index is 12.2. The minimum Gasteiger partial charge on any atom is -0.355 e. The highest BCUT2D eigenvalue weighted by atomic mass is 35.5. The first-order valence-corrected chi connectivity index (χ1v) is 10.4. The van der Waals surface area contributed by atoms with Crippen LogP contribution < -0.4 is 15.8 Å². The van der Waals surface area contributed by atoms with E-state index in [9.17, 15) is 13.2 Å². The van der Waals surface area contributed by atoms with Gasteiger partial charge in [-0.05, 0) is 43.4 Å². The fourth-order valence-electron chi connectivity index (χ4n) is 2.19. The molecule has 1 aromatic rings. The van der Waals surface area contributed by atoms with E-state index in [1.54, 1.807) is 0 Å². The van der Waals surface area contributed by atoms with E-state index in [1.165, 1.54) is 18.2 Å². The minimum atomic E-state index is -3.69. The highest BCUT2D eigenvalue weighted by molar-refractivity contribution is 7.89. The zero-order valence-corrected chi connectivity index (χ0v) is 17.9. The molecule has 4 N–H and O–H groups in total. The lowest BCUT2D eigenvalue weighted by atomic mass is 10.0. The molecule has 1 rings (SSSR count). The van der Waals surface area contributed by atoms with E-state index >= 15 is 0 Å². The molecule has 6 nitrogen and oxygen atoms in total. The predicted octanol–water partition coefficient (Wildman–Crippen LogP) is 2.96. The molecule has 1 atom stereocenters. The Morgan fingerprint density at radius 1 is 1.19 bits per heavy atom. The first kappa shape index (κ1) is 25.4. The number of hydrogen-bond acceptors (Lipinski definition) is 4. The molecule has 1 amide bonds. The quantitative estimate of drug-likeness (QED) is 0.481. The van der Waals surface area contributed by atoms with Crippen molar-refractivity contribution in [1.29, 1.82) is 0 Å². The molecule has 0 aliphatic rings. The first-order valence-electron chi connectivity index (χ1n) is 8.11. The summed E-state index contributed by atoms with van der Waals surface area (Å²) in [5.74, 6) is 0.178. The van der Waals surface area contributed by atoms with Crippen LogP contribution in [-0.2, 0) is 14.8 Å². The lowest BCUT2D eigenvalue weighted by molar-refractivity contribution is -0.122. The van der Waals surface area contributed by atoms with E-state index in [-0.39, 0.29) is 34.8 Å². The molecule has 0 spiro atoms. The van der Waals surface area contributed by atoms with E-state index in [0.717, 1.165) is 0 Å². The molecule has 0 fully saturated rings. The van der Waals surface area contributed by atoms with Crippen LogP contribution in [0.2, 0.25) is 10.0 Å². The summed E-state index contributed by atoms with van der Waals surface area (Å²) >= 11 is 11.7. The second kappa shape index (κ2) is 12.0. The van der Waals surface area contributed by atoms with E-state index in [1.807, 2.05) is 13.8 Å². The van der Waals surface area contributed by atoms with E-state index in [4.69, 9.17) is 28.9 Å². The van der Waals surface area contributed by atoms with Gasteiger partial charge in [-0.15, -0.1) is 12.4 Å². The Bertz CT molecular complexity index is 685. The second-order valence-corrected chi connectivity index (χ2v) is 8.79. The number of sulfonamides is 1. The zero-order valence-electron chi connectivity index (χ0n) is 14.8. The van der Waals surface area contributed by atoms with Gasteiger partial charge in [0.1, 0.15) is 4.90 Å². The van der Waals surface area contributed by atoms with Gasteiger partial charge in [-0.2, -0.15) is 0 Å². The molecule has 0 saturated heterocycles.